The molecule has 0 bridgehead atoms. The molecule has 2 amide bonds. The Morgan fingerprint density at radius 2 is 1.94 bits per heavy atom. The molecule has 0 radical (unpaired) electrons. The van der Waals surface area contributed by atoms with Crippen LogP contribution in [0.2, 0.25) is 0 Å². The first-order valence-electron chi connectivity index (χ1n) is 6.27. The van der Waals surface area contributed by atoms with Crippen LogP contribution in [0.4, 0.5) is 0 Å². The van der Waals surface area contributed by atoms with Crippen molar-refractivity contribution in [3.05, 3.63) is 0 Å². The summed E-state index contributed by atoms with van der Waals surface area (Å²) in [4.78, 5) is 23.5. The van der Waals surface area contributed by atoms with Gasteiger partial charge >= 0.3 is 0 Å². The number of piperidine rings is 1. The summed E-state index contributed by atoms with van der Waals surface area (Å²) >= 11 is 0. The lowest BCUT2D eigenvalue weighted by Crippen LogP contribution is -2.54. The van der Waals surface area contributed by atoms with Gasteiger partial charge in [-0.25, -0.2) is 0 Å². The van der Waals surface area contributed by atoms with Crippen LogP contribution in [0, 0.1) is 16.7 Å². The molecule has 3 heteroatoms. The van der Waals surface area contributed by atoms with E-state index >= 15 is 0 Å². The van der Waals surface area contributed by atoms with Gasteiger partial charge in [-0.15, -0.1) is 0 Å². The Morgan fingerprint density at radius 1 is 1.31 bits per heavy atom. The summed E-state index contributed by atoms with van der Waals surface area (Å²) in [5.41, 5.74) is 0.0860. The minimum atomic E-state index is -0.123. The Labute approximate surface area is 97.0 Å². The molecule has 2 fully saturated rings. The van der Waals surface area contributed by atoms with Gasteiger partial charge in [0, 0.05) is 12.3 Å². The Hall–Kier alpha value is -0.860. The van der Waals surface area contributed by atoms with Crippen molar-refractivity contribution in [3.8, 4) is 0 Å². The number of hydrogen-bond acceptors (Lipinski definition) is 2. The molecule has 3 nitrogen and oxygen atoms in total. The number of amides is 2. The van der Waals surface area contributed by atoms with E-state index in [1.165, 1.54) is 0 Å². The van der Waals surface area contributed by atoms with Gasteiger partial charge in [-0.1, -0.05) is 27.2 Å². The summed E-state index contributed by atoms with van der Waals surface area (Å²) in [5, 5.41) is 2.49. The summed E-state index contributed by atoms with van der Waals surface area (Å²) in [6.07, 6.45) is 4.72. The number of carbonyl (C=O) groups is 2. The van der Waals surface area contributed by atoms with E-state index in [1.54, 1.807) is 0 Å². The standard InChI is InChI=1S/C13H21NO2/c1-4-5-9-11(16)14-10(15)8-13(9,3)12(2)6-7-12/h9H,4-8H2,1-3H3,(H,14,15,16). The lowest BCUT2D eigenvalue weighted by atomic mass is 9.61. The van der Waals surface area contributed by atoms with E-state index in [9.17, 15) is 9.59 Å². The van der Waals surface area contributed by atoms with Gasteiger partial charge in [0.2, 0.25) is 11.8 Å². The van der Waals surface area contributed by atoms with E-state index < -0.39 is 0 Å². The maximum absolute atomic E-state index is 12.0. The van der Waals surface area contributed by atoms with Crippen molar-refractivity contribution in [1.82, 2.24) is 5.32 Å². The SMILES string of the molecule is CCCC1C(=O)NC(=O)CC1(C)C1(C)CC1. The summed E-state index contributed by atoms with van der Waals surface area (Å²) in [6.45, 7) is 6.46. The molecule has 2 rings (SSSR count). The molecule has 1 aliphatic heterocycles. The molecule has 16 heavy (non-hydrogen) atoms. The molecule has 2 aliphatic rings. The smallest absolute Gasteiger partial charge is 0.230 e. The van der Waals surface area contributed by atoms with Crippen molar-refractivity contribution >= 4 is 11.8 Å². The fourth-order valence-corrected chi connectivity index (χ4v) is 3.15. The van der Waals surface area contributed by atoms with Gasteiger partial charge in [-0.2, -0.15) is 0 Å². The van der Waals surface area contributed by atoms with Gasteiger partial charge in [0.1, 0.15) is 0 Å². The van der Waals surface area contributed by atoms with Crippen LogP contribution in [0.3, 0.4) is 0 Å². The number of nitrogens with one attached hydrogen (secondary N) is 1. The minimum absolute atomic E-state index is 0.0164. The zero-order valence-corrected chi connectivity index (χ0v) is 10.4. The summed E-state index contributed by atoms with van der Waals surface area (Å²) < 4.78 is 0. The Kier molecular flexibility index (Phi) is 2.59. The highest BCUT2D eigenvalue weighted by Crippen LogP contribution is 2.64. The van der Waals surface area contributed by atoms with E-state index in [4.69, 9.17) is 0 Å². The molecule has 0 spiro atoms. The second-order valence-electron chi connectivity index (χ2n) is 5.91. The van der Waals surface area contributed by atoms with Gasteiger partial charge in [-0.05, 0) is 30.1 Å². The van der Waals surface area contributed by atoms with Crippen LogP contribution >= 0.6 is 0 Å². The predicted octanol–water partition coefficient (Wildman–Crippen LogP) is 2.26. The molecular formula is C13H21NO2. The molecule has 1 saturated carbocycles. The molecule has 0 aromatic carbocycles. The van der Waals surface area contributed by atoms with Gasteiger partial charge < -0.3 is 0 Å². The zero-order valence-electron chi connectivity index (χ0n) is 10.4. The molecule has 1 heterocycles. The maximum Gasteiger partial charge on any atom is 0.230 e. The highest BCUT2D eigenvalue weighted by molar-refractivity contribution is 5.99. The first-order chi connectivity index (χ1) is 7.43. The van der Waals surface area contributed by atoms with Crippen LogP contribution in [0.25, 0.3) is 0 Å². The first-order valence-corrected chi connectivity index (χ1v) is 6.27. The summed E-state index contributed by atoms with van der Waals surface area (Å²) in [7, 11) is 0. The molecular weight excluding hydrogens is 202 g/mol. The van der Waals surface area contributed by atoms with Gasteiger partial charge in [0.15, 0.2) is 0 Å². The van der Waals surface area contributed by atoms with E-state index in [1.807, 2.05) is 0 Å². The average molecular weight is 223 g/mol. The third-order valence-electron chi connectivity index (χ3n) is 4.83. The summed E-state index contributed by atoms with van der Waals surface area (Å²) in [5.74, 6) is -0.121. The van der Waals surface area contributed by atoms with Gasteiger partial charge in [-0.3, -0.25) is 14.9 Å². The Bertz CT molecular complexity index is 333. The molecule has 90 valence electrons. The fourth-order valence-electron chi connectivity index (χ4n) is 3.15. The van der Waals surface area contributed by atoms with Crippen LogP contribution in [-0.2, 0) is 9.59 Å². The van der Waals surface area contributed by atoms with E-state index in [2.05, 4.69) is 26.1 Å². The number of carbonyl (C=O) groups excluding carboxylic acids is 2. The number of hydrogen-bond donors (Lipinski definition) is 1. The topological polar surface area (TPSA) is 46.2 Å². The van der Waals surface area contributed by atoms with Crippen molar-refractivity contribution in [2.45, 2.75) is 52.9 Å². The van der Waals surface area contributed by atoms with Crippen molar-refractivity contribution in [1.29, 1.82) is 0 Å². The summed E-state index contributed by atoms with van der Waals surface area (Å²) in [6, 6.07) is 0. The van der Waals surface area contributed by atoms with Crippen molar-refractivity contribution in [3.63, 3.8) is 0 Å². The molecule has 1 aliphatic carbocycles. The number of rotatable bonds is 3. The minimum Gasteiger partial charge on any atom is -0.296 e. The van der Waals surface area contributed by atoms with Crippen LogP contribution in [0.15, 0.2) is 0 Å². The number of imide groups is 1. The van der Waals surface area contributed by atoms with Crippen molar-refractivity contribution < 1.29 is 9.59 Å². The average Bonchev–Trinajstić information content (AvgIpc) is 2.92. The normalized spacial score (nSPS) is 37.1. The van der Waals surface area contributed by atoms with Crippen LogP contribution < -0.4 is 5.32 Å². The van der Waals surface area contributed by atoms with E-state index in [0.29, 0.717) is 6.42 Å². The Morgan fingerprint density at radius 3 is 2.44 bits per heavy atom. The molecule has 2 unspecified atom stereocenters. The highest BCUT2D eigenvalue weighted by Gasteiger charge is 2.60. The molecule has 0 aromatic heterocycles. The van der Waals surface area contributed by atoms with Crippen LogP contribution in [-0.4, -0.2) is 11.8 Å². The highest BCUT2D eigenvalue weighted by atomic mass is 16.2. The zero-order chi connectivity index (χ0) is 12.0. The molecule has 2 atom stereocenters. The second kappa shape index (κ2) is 3.57. The maximum atomic E-state index is 12.0. The largest absolute Gasteiger partial charge is 0.296 e. The first kappa shape index (κ1) is 11.6. The Balaban J connectivity index is 2.30. The van der Waals surface area contributed by atoms with Gasteiger partial charge in [0.25, 0.3) is 0 Å². The predicted molar refractivity (Wildman–Crippen MR) is 61.6 cm³/mol. The fraction of sp³-hybridized carbons (Fsp3) is 0.846. The van der Waals surface area contributed by atoms with Crippen molar-refractivity contribution in [2.24, 2.45) is 16.7 Å². The lowest BCUT2D eigenvalue weighted by Gasteiger charge is -2.44. The van der Waals surface area contributed by atoms with Gasteiger partial charge in [0.05, 0.1) is 0 Å². The third-order valence-corrected chi connectivity index (χ3v) is 4.83. The van der Waals surface area contributed by atoms with Crippen molar-refractivity contribution in [2.75, 3.05) is 0 Å². The molecule has 1 N–H and O–H groups in total. The monoisotopic (exact) mass is 223 g/mol. The lowest BCUT2D eigenvalue weighted by molar-refractivity contribution is -0.146. The second-order valence-corrected chi connectivity index (χ2v) is 5.91. The molecule has 1 saturated heterocycles. The van der Waals surface area contributed by atoms with Crippen LogP contribution in [0.5, 0.6) is 0 Å². The third kappa shape index (κ3) is 1.57. The van der Waals surface area contributed by atoms with E-state index in [0.717, 1.165) is 25.7 Å². The van der Waals surface area contributed by atoms with E-state index in [-0.39, 0.29) is 28.6 Å². The molecule has 0 aromatic rings. The van der Waals surface area contributed by atoms with Crippen LogP contribution in [0.1, 0.15) is 52.9 Å². The quantitative estimate of drug-likeness (QED) is 0.746.